The Kier molecular flexibility index (Phi) is 4.14. The number of carbonyl (C=O) groups is 1. The first-order valence-corrected chi connectivity index (χ1v) is 5.62. The summed E-state index contributed by atoms with van der Waals surface area (Å²) >= 11 is 5.89. The average molecular weight is 267 g/mol. The molecule has 7 heteroatoms. The fraction of sp³-hybridized carbons (Fsp3) is 0.182. The van der Waals surface area contributed by atoms with Crippen molar-refractivity contribution < 1.29 is 9.53 Å². The number of rotatable bonds is 5. The van der Waals surface area contributed by atoms with Crippen molar-refractivity contribution in [3.8, 4) is 5.75 Å². The van der Waals surface area contributed by atoms with Crippen LogP contribution in [-0.2, 0) is 11.3 Å². The third kappa shape index (κ3) is 3.46. The van der Waals surface area contributed by atoms with Crippen LogP contribution in [0.4, 0.5) is 0 Å². The Morgan fingerprint density at radius 1 is 1.44 bits per heavy atom. The molecule has 0 bridgehead atoms. The smallest absolute Gasteiger partial charge is 0.258 e. The van der Waals surface area contributed by atoms with E-state index in [9.17, 15) is 4.79 Å². The van der Waals surface area contributed by atoms with Gasteiger partial charge in [0.1, 0.15) is 17.9 Å². The molecule has 0 aliphatic heterocycles. The molecule has 6 nitrogen and oxygen atoms in total. The first kappa shape index (κ1) is 12.4. The molecule has 2 rings (SSSR count). The van der Waals surface area contributed by atoms with Crippen molar-refractivity contribution in [3.63, 3.8) is 0 Å². The molecular formula is C11H11ClN4O2. The Morgan fingerprint density at radius 3 is 3.00 bits per heavy atom. The number of amides is 1. The second-order valence-electron chi connectivity index (χ2n) is 3.43. The van der Waals surface area contributed by atoms with Crippen molar-refractivity contribution >= 4 is 17.5 Å². The number of nitrogens with one attached hydrogen (secondary N) is 2. The van der Waals surface area contributed by atoms with Crippen LogP contribution in [0.15, 0.2) is 30.6 Å². The van der Waals surface area contributed by atoms with E-state index in [0.29, 0.717) is 16.6 Å². The van der Waals surface area contributed by atoms with Crippen LogP contribution in [0.1, 0.15) is 5.82 Å². The van der Waals surface area contributed by atoms with Gasteiger partial charge in [-0.2, -0.15) is 5.10 Å². The molecule has 94 valence electrons. The van der Waals surface area contributed by atoms with Crippen LogP contribution in [-0.4, -0.2) is 27.7 Å². The van der Waals surface area contributed by atoms with Gasteiger partial charge in [0.15, 0.2) is 6.61 Å². The zero-order chi connectivity index (χ0) is 12.8. The lowest BCUT2D eigenvalue weighted by molar-refractivity contribution is -0.123. The molecule has 2 N–H and O–H groups in total. The molecule has 0 aliphatic carbocycles. The van der Waals surface area contributed by atoms with E-state index < -0.39 is 0 Å². The highest BCUT2D eigenvalue weighted by molar-refractivity contribution is 6.32. The molecule has 0 radical (unpaired) electrons. The first-order valence-electron chi connectivity index (χ1n) is 5.24. The number of hydrogen-bond donors (Lipinski definition) is 2. The minimum Gasteiger partial charge on any atom is -0.482 e. The third-order valence-corrected chi connectivity index (χ3v) is 2.43. The van der Waals surface area contributed by atoms with Gasteiger partial charge in [-0.15, -0.1) is 0 Å². The Morgan fingerprint density at radius 2 is 2.28 bits per heavy atom. The number of halogens is 1. The highest BCUT2D eigenvalue weighted by Gasteiger charge is 2.05. The van der Waals surface area contributed by atoms with Crippen molar-refractivity contribution in [2.24, 2.45) is 0 Å². The first-order chi connectivity index (χ1) is 8.75. The second-order valence-corrected chi connectivity index (χ2v) is 3.84. The van der Waals surface area contributed by atoms with E-state index in [1.54, 1.807) is 24.3 Å². The summed E-state index contributed by atoms with van der Waals surface area (Å²) < 4.78 is 5.28. The zero-order valence-corrected chi connectivity index (χ0v) is 10.1. The normalized spacial score (nSPS) is 10.1. The molecule has 1 heterocycles. The summed E-state index contributed by atoms with van der Waals surface area (Å²) in [4.78, 5) is 15.4. The van der Waals surface area contributed by atoms with E-state index in [4.69, 9.17) is 16.3 Å². The number of carbonyl (C=O) groups excluding carboxylic acids is 1. The van der Waals surface area contributed by atoms with E-state index in [1.165, 1.54) is 6.33 Å². The Hall–Kier alpha value is -2.08. The molecule has 0 aliphatic rings. The van der Waals surface area contributed by atoms with Crippen molar-refractivity contribution in [2.45, 2.75) is 6.54 Å². The summed E-state index contributed by atoms with van der Waals surface area (Å²) in [6.45, 7) is 0.183. The monoisotopic (exact) mass is 266 g/mol. The number of hydrogen-bond acceptors (Lipinski definition) is 4. The second kappa shape index (κ2) is 6.02. The van der Waals surface area contributed by atoms with E-state index in [0.717, 1.165) is 0 Å². The summed E-state index contributed by atoms with van der Waals surface area (Å²) in [5, 5.41) is 9.41. The van der Waals surface area contributed by atoms with Crippen molar-refractivity contribution in [1.82, 2.24) is 20.5 Å². The van der Waals surface area contributed by atoms with Crippen LogP contribution in [0, 0.1) is 0 Å². The minimum absolute atomic E-state index is 0.0993. The van der Waals surface area contributed by atoms with Gasteiger partial charge < -0.3 is 10.1 Å². The van der Waals surface area contributed by atoms with Crippen molar-refractivity contribution in [1.29, 1.82) is 0 Å². The maximum atomic E-state index is 11.5. The standard InChI is InChI=1S/C11H11ClN4O2/c12-8-3-1-2-4-9(8)18-6-11(17)13-5-10-14-7-15-16-10/h1-4,7H,5-6H2,(H,13,17)(H,14,15,16). The fourth-order valence-corrected chi connectivity index (χ4v) is 1.44. The molecule has 1 amide bonds. The maximum Gasteiger partial charge on any atom is 0.258 e. The topological polar surface area (TPSA) is 79.9 Å². The van der Waals surface area contributed by atoms with Crippen LogP contribution in [0.25, 0.3) is 0 Å². The number of benzene rings is 1. The van der Waals surface area contributed by atoms with Gasteiger partial charge in [-0.3, -0.25) is 9.89 Å². The number of ether oxygens (including phenoxy) is 1. The number of aromatic nitrogens is 3. The van der Waals surface area contributed by atoms with Gasteiger partial charge in [0.05, 0.1) is 11.6 Å². The SMILES string of the molecule is O=C(COc1ccccc1Cl)NCc1ncn[nH]1. The predicted molar refractivity (Wildman–Crippen MR) is 65.2 cm³/mol. The molecular weight excluding hydrogens is 256 g/mol. The summed E-state index contributed by atoms with van der Waals surface area (Å²) in [5.41, 5.74) is 0. The molecule has 2 aromatic rings. The summed E-state index contributed by atoms with van der Waals surface area (Å²) in [6.07, 6.45) is 1.38. The van der Waals surface area contributed by atoms with Gasteiger partial charge in [0, 0.05) is 0 Å². The Balaban J connectivity index is 1.77. The van der Waals surface area contributed by atoms with Crippen LogP contribution in [0.3, 0.4) is 0 Å². The highest BCUT2D eigenvalue weighted by Crippen LogP contribution is 2.22. The Bertz CT molecular complexity index is 516. The largest absolute Gasteiger partial charge is 0.482 e. The van der Waals surface area contributed by atoms with E-state index in [-0.39, 0.29) is 19.1 Å². The molecule has 0 fully saturated rings. The molecule has 1 aromatic carbocycles. The third-order valence-electron chi connectivity index (χ3n) is 2.11. The summed E-state index contributed by atoms with van der Waals surface area (Å²) in [6, 6.07) is 6.97. The van der Waals surface area contributed by atoms with Crippen molar-refractivity contribution in [3.05, 3.63) is 41.4 Å². The number of para-hydroxylation sites is 1. The van der Waals surface area contributed by atoms with Gasteiger partial charge in [-0.25, -0.2) is 4.98 Å². The molecule has 0 saturated heterocycles. The molecule has 18 heavy (non-hydrogen) atoms. The number of H-pyrrole nitrogens is 1. The van der Waals surface area contributed by atoms with Gasteiger partial charge in [0.25, 0.3) is 5.91 Å². The molecule has 0 saturated carbocycles. The molecule has 1 aromatic heterocycles. The molecule has 0 spiro atoms. The molecule has 0 atom stereocenters. The minimum atomic E-state index is -0.258. The van der Waals surface area contributed by atoms with E-state index in [2.05, 4.69) is 20.5 Å². The van der Waals surface area contributed by atoms with Gasteiger partial charge in [-0.1, -0.05) is 23.7 Å². The molecule has 0 unspecified atom stereocenters. The zero-order valence-electron chi connectivity index (χ0n) is 9.39. The Labute approximate surface area is 108 Å². The number of aromatic amines is 1. The van der Waals surface area contributed by atoms with Crippen LogP contribution in [0.2, 0.25) is 5.02 Å². The average Bonchev–Trinajstić information content (AvgIpc) is 2.88. The fourth-order valence-electron chi connectivity index (χ4n) is 1.25. The number of nitrogens with zero attached hydrogens (tertiary/aromatic N) is 2. The summed E-state index contributed by atoms with van der Waals surface area (Å²) in [5.74, 6) is 0.807. The lowest BCUT2D eigenvalue weighted by Gasteiger charge is -2.07. The summed E-state index contributed by atoms with van der Waals surface area (Å²) in [7, 11) is 0. The van der Waals surface area contributed by atoms with E-state index in [1.807, 2.05) is 0 Å². The van der Waals surface area contributed by atoms with Gasteiger partial charge in [-0.05, 0) is 12.1 Å². The van der Waals surface area contributed by atoms with Gasteiger partial charge >= 0.3 is 0 Å². The van der Waals surface area contributed by atoms with Crippen molar-refractivity contribution in [2.75, 3.05) is 6.61 Å². The lowest BCUT2D eigenvalue weighted by atomic mass is 10.3. The predicted octanol–water partition coefficient (Wildman–Crippen LogP) is 1.15. The van der Waals surface area contributed by atoms with Crippen LogP contribution >= 0.6 is 11.6 Å². The van der Waals surface area contributed by atoms with Crippen LogP contribution in [0.5, 0.6) is 5.75 Å². The lowest BCUT2D eigenvalue weighted by Crippen LogP contribution is -2.28. The van der Waals surface area contributed by atoms with E-state index >= 15 is 0 Å². The van der Waals surface area contributed by atoms with Crippen LogP contribution < -0.4 is 10.1 Å². The van der Waals surface area contributed by atoms with Gasteiger partial charge in [0.2, 0.25) is 0 Å². The maximum absolute atomic E-state index is 11.5. The highest BCUT2D eigenvalue weighted by atomic mass is 35.5. The quantitative estimate of drug-likeness (QED) is 0.851.